The zero-order valence-corrected chi connectivity index (χ0v) is 9.56. The minimum absolute atomic E-state index is 0.107. The molecule has 0 fully saturated rings. The van der Waals surface area contributed by atoms with E-state index in [1.807, 2.05) is 25.3 Å². The molecule has 78 valence electrons. The molecule has 0 saturated heterocycles. The Labute approximate surface area is 89.1 Å². The fourth-order valence-electron chi connectivity index (χ4n) is 1.40. The van der Waals surface area contributed by atoms with Gasteiger partial charge < -0.3 is 5.73 Å². The first-order valence-corrected chi connectivity index (χ1v) is 5.83. The van der Waals surface area contributed by atoms with Crippen molar-refractivity contribution in [3.63, 3.8) is 0 Å². The van der Waals surface area contributed by atoms with Gasteiger partial charge in [-0.1, -0.05) is 6.92 Å². The monoisotopic (exact) mass is 211 g/mol. The Hall–Kier alpha value is -0.670. The summed E-state index contributed by atoms with van der Waals surface area (Å²) >= 11 is 1.54. The number of ketones is 1. The van der Waals surface area contributed by atoms with E-state index in [0.717, 1.165) is 23.3 Å². The lowest BCUT2D eigenvalue weighted by Gasteiger charge is -2.08. The van der Waals surface area contributed by atoms with Crippen molar-refractivity contribution in [2.24, 2.45) is 11.7 Å². The van der Waals surface area contributed by atoms with Crippen LogP contribution in [0.1, 0.15) is 35.0 Å². The summed E-state index contributed by atoms with van der Waals surface area (Å²) in [7, 11) is 0. The molecule has 0 aliphatic carbocycles. The van der Waals surface area contributed by atoms with Gasteiger partial charge in [0.1, 0.15) is 0 Å². The molecule has 0 radical (unpaired) electrons. The highest BCUT2D eigenvalue weighted by Gasteiger charge is 2.17. The quantitative estimate of drug-likeness (QED) is 0.761. The van der Waals surface area contributed by atoms with Crippen molar-refractivity contribution < 1.29 is 4.79 Å². The van der Waals surface area contributed by atoms with Crippen LogP contribution in [0.25, 0.3) is 0 Å². The van der Waals surface area contributed by atoms with Crippen molar-refractivity contribution in [2.45, 2.75) is 26.7 Å². The highest BCUT2D eigenvalue weighted by Crippen LogP contribution is 2.21. The second kappa shape index (κ2) is 5.27. The molecule has 0 bridgehead atoms. The van der Waals surface area contributed by atoms with Gasteiger partial charge in [0.05, 0.1) is 4.88 Å². The maximum atomic E-state index is 11.9. The van der Waals surface area contributed by atoms with Gasteiger partial charge in [0, 0.05) is 5.92 Å². The van der Waals surface area contributed by atoms with Crippen LogP contribution in [-0.2, 0) is 0 Å². The van der Waals surface area contributed by atoms with Gasteiger partial charge in [0.25, 0.3) is 0 Å². The van der Waals surface area contributed by atoms with Crippen molar-refractivity contribution in [3.8, 4) is 0 Å². The first-order chi connectivity index (χ1) is 6.66. The van der Waals surface area contributed by atoms with Gasteiger partial charge >= 0.3 is 0 Å². The summed E-state index contributed by atoms with van der Waals surface area (Å²) in [5.41, 5.74) is 6.51. The summed E-state index contributed by atoms with van der Waals surface area (Å²) in [6.07, 6.45) is 1.82. The molecule has 2 nitrogen and oxygen atoms in total. The van der Waals surface area contributed by atoms with E-state index in [1.165, 1.54) is 11.3 Å². The van der Waals surface area contributed by atoms with Crippen LogP contribution in [0.2, 0.25) is 0 Å². The fourth-order valence-corrected chi connectivity index (χ4v) is 2.38. The van der Waals surface area contributed by atoms with E-state index in [2.05, 4.69) is 0 Å². The highest BCUT2D eigenvalue weighted by atomic mass is 32.1. The first kappa shape index (κ1) is 11.4. The van der Waals surface area contributed by atoms with Crippen LogP contribution in [-0.4, -0.2) is 12.3 Å². The number of thiophene rings is 1. The van der Waals surface area contributed by atoms with E-state index in [-0.39, 0.29) is 11.7 Å². The van der Waals surface area contributed by atoms with Gasteiger partial charge in [-0.25, -0.2) is 0 Å². The van der Waals surface area contributed by atoms with Gasteiger partial charge in [-0.3, -0.25) is 4.79 Å². The van der Waals surface area contributed by atoms with E-state index < -0.39 is 0 Å². The van der Waals surface area contributed by atoms with Gasteiger partial charge in [-0.15, -0.1) is 11.3 Å². The largest absolute Gasteiger partial charge is 0.330 e. The lowest BCUT2D eigenvalue weighted by Crippen LogP contribution is -2.12. The minimum atomic E-state index is 0.107. The average Bonchev–Trinajstić information content (AvgIpc) is 2.59. The molecule has 1 heterocycles. The maximum Gasteiger partial charge on any atom is 0.175 e. The Balaban J connectivity index is 2.61. The van der Waals surface area contributed by atoms with Crippen molar-refractivity contribution >= 4 is 17.1 Å². The van der Waals surface area contributed by atoms with Gasteiger partial charge in [-0.2, -0.15) is 0 Å². The smallest absolute Gasteiger partial charge is 0.175 e. The third-order valence-electron chi connectivity index (χ3n) is 2.37. The normalized spacial score (nSPS) is 12.8. The summed E-state index contributed by atoms with van der Waals surface area (Å²) < 4.78 is 0. The summed E-state index contributed by atoms with van der Waals surface area (Å²) in [4.78, 5) is 12.8. The maximum absolute atomic E-state index is 11.9. The van der Waals surface area contributed by atoms with Crippen LogP contribution in [0.4, 0.5) is 0 Å². The number of carbonyl (C=O) groups is 1. The van der Waals surface area contributed by atoms with Gasteiger partial charge in [0.15, 0.2) is 5.78 Å². The predicted molar refractivity (Wildman–Crippen MR) is 60.8 cm³/mol. The summed E-state index contributed by atoms with van der Waals surface area (Å²) in [6.45, 7) is 4.64. The molecule has 1 atom stereocenters. The number of Topliss-reactive ketones (excluding diaryl/α,β-unsaturated/α-hetero) is 1. The van der Waals surface area contributed by atoms with Crippen molar-refractivity contribution in [1.29, 1.82) is 0 Å². The number of hydrogen-bond donors (Lipinski definition) is 1. The molecule has 3 heteroatoms. The standard InChI is InChI=1S/C11H17NOS/c1-8(4-3-6-12)10(13)11-9(2)5-7-14-11/h5,7-8H,3-4,6,12H2,1-2H3. The molecule has 1 aromatic rings. The topological polar surface area (TPSA) is 43.1 Å². The van der Waals surface area contributed by atoms with E-state index in [0.29, 0.717) is 6.54 Å². The molecule has 0 spiro atoms. The molecule has 0 aromatic carbocycles. The zero-order valence-electron chi connectivity index (χ0n) is 8.75. The van der Waals surface area contributed by atoms with Crippen molar-refractivity contribution in [3.05, 3.63) is 21.9 Å². The fraction of sp³-hybridized carbons (Fsp3) is 0.545. The Morgan fingerprint density at radius 3 is 2.86 bits per heavy atom. The molecule has 0 amide bonds. The Morgan fingerprint density at radius 1 is 1.64 bits per heavy atom. The highest BCUT2D eigenvalue weighted by molar-refractivity contribution is 7.12. The number of rotatable bonds is 5. The molecular formula is C11H17NOS. The minimum Gasteiger partial charge on any atom is -0.330 e. The summed E-state index contributed by atoms with van der Waals surface area (Å²) in [6, 6.07) is 1.99. The Bertz CT molecular complexity index is 306. The van der Waals surface area contributed by atoms with Crippen LogP contribution in [0.5, 0.6) is 0 Å². The number of nitrogens with two attached hydrogens (primary N) is 1. The predicted octanol–water partition coefficient (Wildman–Crippen LogP) is 2.61. The number of aryl methyl sites for hydroxylation is 1. The molecule has 1 rings (SSSR count). The lowest BCUT2D eigenvalue weighted by molar-refractivity contribution is 0.0927. The molecule has 2 N–H and O–H groups in total. The Morgan fingerprint density at radius 2 is 2.36 bits per heavy atom. The third kappa shape index (κ3) is 2.66. The SMILES string of the molecule is Cc1ccsc1C(=O)C(C)CCCN. The van der Waals surface area contributed by atoms with E-state index in [1.54, 1.807) is 0 Å². The third-order valence-corrected chi connectivity index (χ3v) is 3.41. The summed E-state index contributed by atoms with van der Waals surface area (Å²) in [5.74, 6) is 0.377. The Kier molecular flexibility index (Phi) is 4.29. The van der Waals surface area contributed by atoms with Crippen LogP contribution in [0, 0.1) is 12.8 Å². The molecule has 1 aromatic heterocycles. The second-order valence-electron chi connectivity index (χ2n) is 3.63. The van der Waals surface area contributed by atoms with Crippen LogP contribution in [0.15, 0.2) is 11.4 Å². The average molecular weight is 211 g/mol. The lowest BCUT2D eigenvalue weighted by atomic mass is 9.98. The van der Waals surface area contributed by atoms with Crippen LogP contribution >= 0.6 is 11.3 Å². The summed E-state index contributed by atoms with van der Waals surface area (Å²) in [5, 5.41) is 1.97. The number of carbonyl (C=O) groups excluding carboxylic acids is 1. The molecule has 0 aliphatic rings. The van der Waals surface area contributed by atoms with Gasteiger partial charge in [-0.05, 0) is 43.3 Å². The zero-order chi connectivity index (χ0) is 10.6. The first-order valence-electron chi connectivity index (χ1n) is 4.95. The van der Waals surface area contributed by atoms with E-state index in [4.69, 9.17) is 5.73 Å². The molecular weight excluding hydrogens is 194 g/mol. The van der Waals surface area contributed by atoms with Crippen LogP contribution in [0.3, 0.4) is 0 Å². The van der Waals surface area contributed by atoms with E-state index in [9.17, 15) is 4.79 Å². The van der Waals surface area contributed by atoms with Gasteiger partial charge in [0.2, 0.25) is 0 Å². The van der Waals surface area contributed by atoms with Crippen molar-refractivity contribution in [1.82, 2.24) is 0 Å². The molecule has 1 unspecified atom stereocenters. The second-order valence-corrected chi connectivity index (χ2v) is 4.55. The molecule has 0 saturated carbocycles. The van der Waals surface area contributed by atoms with Crippen LogP contribution < -0.4 is 5.73 Å². The number of hydrogen-bond acceptors (Lipinski definition) is 3. The molecule has 0 aliphatic heterocycles. The molecule has 14 heavy (non-hydrogen) atoms. The van der Waals surface area contributed by atoms with Crippen molar-refractivity contribution in [2.75, 3.05) is 6.54 Å². The van der Waals surface area contributed by atoms with E-state index >= 15 is 0 Å².